The molecule has 0 atom stereocenters. The monoisotopic (exact) mass is 448 g/mol. The molecule has 1 aromatic carbocycles. The van der Waals surface area contributed by atoms with Crippen LogP contribution in [-0.4, -0.2) is 28.0 Å². The van der Waals surface area contributed by atoms with Crippen molar-refractivity contribution >= 4 is 28.9 Å². The summed E-state index contributed by atoms with van der Waals surface area (Å²) >= 11 is 0. The third-order valence-corrected chi connectivity index (χ3v) is 5.34. The van der Waals surface area contributed by atoms with E-state index in [1.165, 1.54) is 11.1 Å². The van der Waals surface area contributed by atoms with Crippen LogP contribution in [0.2, 0.25) is 0 Å². The van der Waals surface area contributed by atoms with Gasteiger partial charge in [0.25, 0.3) is 0 Å². The molecular formula is C27H36N4O2. The molecule has 6 nitrogen and oxygen atoms in total. The van der Waals surface area contributed by atoms with E-state index in [4.69, 9.17) is 0 Å². The van der Waals surface area contributed by atoms with Gasteiger partial charge in [-0.15, -0.1) is 0 Å². The predicted molar refractivity (Wildman–Crippen MR) is 137 cm³/mol. The van der Waals surface area contributed by atoms with Crippen LogP contribution in [0.1, 0.15) is 56.9 Å². The third-order valence-electron chi connectivity index (χ3n) is 5.34. The maximum atomic E-state index is 12.6. The zero-order valence-corrected chi connectivity index (χ0v) is 20.5. The van der Waals surface area contributed by atoms with E-state index in [1.54, 1.807) is 22.9 Å². The molecule has 1 heterocycles. The Bertz CT molecular complexity index is 1050. The van der Waals surface area contributed by atoms with Crippen molar-refractivity contribution in [3.05, 3.63) is 72.5 Å². The SMILES string of the molecule is C=C/C=C(\C=C)n1nc(C(C)(C)C)cc1NC(=O)CCCC(=O)CNc1ccc(C)c(C)c1. The van der Waals surface area contributed by atoms with Crippen LogP contribution >= 0.6 is 0 Å². The van der Waals surface area contributed by atoms with Gasteiger partial charge in [0, 0.05) is 30.0 Å². The second-order valence-electron chi connectivity index (χ2n) is 9.20. The van der Waals surface area contributed by atoms with Crippen molar-refractivity contribution in [3.8, 4) is 0 Å². The van der Waals surface area contributed by atoms with E-state index in [0.29, 0.717) is 24.4 Å². The van der Waals surface area contributed by atoms with E-state index in [-0.39, 0.29) is 30.1 Å². The molecule has 2 N–H and O–H groups in total. The van der Waals surface area contributed by atoms with Crippen molar-refractivity contribution < 1.29 is 9.59 Å². The van der Waals surface area contributed by atoms with Crippen molar-refractivity contribution in [2.75, 3.05) is 17.2 Å². The highest BCUT2D eigenvalue weighted by molar-refractivity contribution is 5.91. The number of nitrogens with zero attached hydrogens (tertiary/aromatic N) is 2. The number of allylic oxidation sites excluding steroid dienone is 4. The molecule has 0 saturated carbocycles. The number of nitrogens with one attached hydrogen (secondary N) is 2. The number of benzene rings is 1. The van der Waals surface area contributed by atoms with Gasteiger partial charge in [-0.3, -0.25) is 9.59 Å². The summed E-state index contributed by atoms with van der Waals surface area (Å²) < 4.78 is 1.66. The Morgan fingerprint density at radius 1 is 1.09 bits per heavy atom. The van der Waals surface area contributed by atoms with Gasteiger partial charge in [0.1, 0.15) is 5.82 Å². The maximum Gasteiger partial charge on any atom is 0.225 e. The van der Waals surface area contributed by atoms with Crippen LogP contribution in [-0.2, 0) is 15.0 Å². The van der Waals surface area contributed by atoms with Crippen molar-refractivity contribution in [3.63, 3.8) is 0 Å². The van der Waals surface area contributed by atoms with Crippen molar-refractivity contribution in [1.82, 2.24) is 9.78 Å². The van der Waals surface area contributed by atoms with Gasteiger partial charge in [-0.25, -0.2) is 4.68 Å². The van der Waals surface area contributed by atoms with Gasteiger partial charge in [0.15, 0.2) is 5.78 Å². The molecular weight excluding hydrogens is 412 g/mol. The zero-order valence-electron chi connectivity index (χ0n) is 20.5. The summed E-state index contributed by atoms with van der Waals surface area (Å²) in [5, 5.41) is 10.7. The summed E-state index contributed by atoms with van der Waals surface area (Å²) in [6.45, 7) is 18.1. The molecule has 176 valence electrons. The number of aryl methyl sites for hydroxylation is 2. The first-order valence-electron chi connectivity index (χ1n) is 11.2. The molecule has 2 rings (SSSR count). The molecule has 0 fully saturated rings. The van der Waals surface area contributed by atoms with Gasteiger partial charge in [-0.1, -0.05) is 46.1 Å². The highest BCUT2D eigenvalue weighted by Crippen LogP contribution is 2.26. The van der Waals surface area contributed by atoms with Crippen molar-refractivity contribution in [2.24, 2.45) is 0 Å². The molecule has 1 amide bonds. The first-order valence-corrected chi connectivity index (χ1v) is 11.2. The molecule has 33 heavy (non-hydrogen) atoms. The van der Waals surface area contributed by atoms with Crippen LogP contribution in [0.15, 0.2) is 55.7 Å². The van der Waals surface area contributed by atoms with Crippen LogP contribution in [0.3, 0.4) is 0 Å². The molecule has 0 bridgehead atoms. The third kappa shape index (κ3) is 7.59. The number of anilines is 2. The second-order valence-corrected chi connectivity index (χ2v) is 9.20. The normalized spacial score (nSPS) is 11.7. The average molecular weight is 449 g/mol. The number of rotatable bonds is 11. The van der Waals surface area contributed by atoms with Gasteiger partial charge in [0.2, 0.25) is 5.91 Å². The zero-order chi connectivity index (χ0) is 24.6. The smallest absolute Gasteiger partial charge is 0.225 e. The topological polar surface area (TPSA) is 76.0 Å². The molecule has 0 spiro atoms. The quantitative estimate of drug-likeness (QED) is 0.426. The van der Waals surface area contributed by atoms with Crippen molar-refractivity contribution in [1.29, 1.82) is 0 Å². The number of amides is 1. The molecule has 1 aromatic heterocycles. The highest BCUT2D eigenvalue weighted by Gasteiger charge is 2.21. The van der Waals surface area contributed by atoms with Gasteiger partial charge in [-0.2, -0.15) is 5.10 Å². The molecule has 0 aliphatic rings. The van der Waals surface area contributed by atoms with Gasteiger partial charge in [0.05, 0.1) is 17.9 Å². The Morgan fingerprint density at radius 2 is 1.82 bits per heavy atom. The Morgan fingerprint density at radius 3 is 2.42 bits per heavy atom. The lowest BCUT2D eigenvalue weighted by Gasteiger charge is -2.14. The summed E-state index contributed by atoms with van der Waals surface area (Å²) in [5.41, 5.74) is 4.71. The van der Waals surface area contributed by atoms with E-state index >= 15 is 0 Å². The van der Waals surface area contributed by atoms with E-state index in [1.807, 2.05) is 31.2 Å². The number of aromatic nitrogens is 2. The lowest BCUT2D eigenvalue weighted by molar-refractivity contribution is -0.118. The maximum absolute atomic E-state index is 12.6. The first-order chi connectivity index (χ1) is 15.5. The summed E-state index contributed by atoms with van der Waals surface area (Å²) in [6, 6.07) is 7.90. The summed E-state index contributed by atoms with van der Waals surface area (Å²) in [7, 11) is 0. The fourth-order valence-corrected chi connectivity index (χ4v) is 3.17. The Balaban J connectivity index is 1.93. The largest absolute Gasteiger partial charge is 0.378 e. The van der Waals surface area contributed by atoms with Crippen molar-refractivity contribution in [2.45, 2.75) is 59.3 Å². The minimum atomic E-state index is -0.180. The molecule has 0 aliphatic carbocycles. The predicted octanol–water partition coefficient (Wildman–Crippen LogP) is 5.80. The highest BCUT2D eigenvalue weighted by atomic mass is 16.1. The second kappa shape index (κ2) is 11.5. The van der Waals surface area contributed by atoms with Gasteiger partial charge < -0.3 is 10.6 Å². The Kier molecular flexibility index (Phi) is 8.97. The van der Waals surface area contributed by atoms with E-state index in [0.717, 1.165) is 11.4 Å². The fourth-order valence-electron chi connectivity index (χ4n) is 3.17. The Labute approximate surface area is 197 Å². The van der Waals surface area contributed by atoms with Gasteiger partial charge >= 0.3 is 0 Å². The van der Waals surface area contributed by atoms with E-state index in [9.17, 15) is 9.59 Å². The number of ketones is 1. The average Bonchev–Trinajstić information content (AvgIpc) is 3.16. The number of carbonyl (C=O) groups excluding carboxylic acids is 2. The molecule has 2 aromatic rings. The Hall–Kier alpha value is -3.41. The molecule has 0 aliphatic heterocycles. The minimum Gasteiger partial charge on any atom is -0.378 e. The summed E-state index contributed by atoms with van der Waals surface area (Å²) in [5.74, 6) is 0.484. The summed E-state index contributed by atoms with van der Waals surface area (Å²) in [4.78, 5) is 24.8. The number of Topliss-reactive ketones (excluding diaryl/α,β-unsaturated/α-hetero) is 1. The molecule has 0 radical (unpaired) electrons. The molecule has 6 heteroatoms. The van der Waals surface area contributed by atoms with E-state index in [2.05, 4.69) is 56.6 Å². The van der Waals surface area contributed by atoms with E-state index < -0.39 is 0 Å². The number of hydrogen-bond acceptors (Lipinski definition) is 4. The lowest BCUT2D eigenvalue weighted by Crippen LogP contribution is -2.17. The van der Waals surface area contributed by atoms with Crippen LogP contribution < -0.4 is 10.6 Å². The standard InChI is InChI=1S/C27H36N4O2/c1-8-11-22(9-2)31-25(17-24(30-31)27(5,6)7)29-26(33)13-10-12-23(32)18-28-21-15-14-19(3)20(4)16-21/h8-9,11,14-17,28H,1-2,10,12-13,18H2,3-7H3,(H,29,33)/b22-11+. The lowest BCUT2D eigenvalue weighted by atomic mass is 9.92. The van der Waals surface area contributed by atoms with Crippen LogP contribution in [0.5, 0.6) is 0 Å². The number of carbonyl (C=O) groups is 2. The minimum absolute atomic E-state index is 0.0731. The first kappa shape index (κ1) is 25.8. The van der Waals surface area contributed by atoms with Gasteiger partial charge in [-0.05, 0) is 55.7 Å². The van der Waals surface area contributed by atoms with Crippen LogP contribution in [0, 0.1) is 13.8 Å². The molecule has 0 saturated heterocycles. The fraction of sp³-hybridized carbons (Fsp3) is 0.370. The van der Waals surface area contributed by atoms with Crippen LogP contribution in [0.4, 0.5) is 11.5 Å². The van der Waals surface area contributed by atoms with Crippen LogP contribution in [0.25, 0.3) is 5.70 Å². The number of hydrogen-bond donors (Lipinski definition) is 2. The summed E-state index contributed by atoms with van der Waals surface area (Å²) in [6.07, 6.45) is 6.17. The molecule has 0 unspecified atom stereocenters.